The summed E-state index contributed by atoms with van der Waals surface area (Å²) in [5, 5.41) is 0. The largest absolute Gasteiger partial charge is 0.389 e. The van der Waals surface area contributed by atoms with Crippen LogP contribution in [-0.2, 0) is 14.3 Å². The molecular formula is C64H124O3. The molecule has 0 aliphatic heterocycles. The van der Waals surface area contributed by atoms with Crippen LogP contribution in [-0.4, -0.2) is 11.9 Å². The number of carbonyl (C=O) groups excluding carboxylic acids is 2. The Hall–Kier alpha value is -1.12. The third kappa shape index (κ3) is 54.1. The summed E-state index contributed by atoms with van der Waals surface area (Å²) in [4.78, 5) is 25.0. The van der Waals surface area contributed by atoms with Gasteiger partial charge in [-0.1, -0.05) is 367 Å². The summed E-state index contributed by atoms with van der Waals surface area (Å²) in [5.74, 6) is -1.03. The van der Waals surface area contributed by atoms with Crippen molar-refractivity contribution in [3.05, 3.63) is 12.2 Å². The van der Waals surface area contributed by atoms with Gasteiger partial charge >= 0.3 is 11.9 Å². The lowest BCUT2D eigenvalue weighted by atomic mass is 9.94. The predicted molar refractivity (Wildman–Crippen MR) is 299 cm³/mol. The standard InChI is InChI=1S/C64H124O3/c1-5-7-9-11-13-15-17-19-21-23-25-27-29-31-33-34-36-38-40-42-44-46-48-50-52-54-56-58-60-62(64(66)67-63(65)61(3)4)59-57-55-53-51-49-47-45-43-41-39-37-35-32-30-28-26-24-22-20-18-16-14-12-10-8-6-2/h62H,3,5-60H2,1-2,4H3. The normalized spacial score (nSPS) is 12.0. The molecular weight excluding hydrogens is 817 g/mol. The summed E-state index contributed by atoms with van der Waals surface area (Å²) in [5.41, 5.74) is 0.304. The first kappa shape index (κ1) is 65.9. The van der Waals surface area contributed by atoms with E-state index in [2.05, 4.69) is 20.4 Å². The molecule has 67 heavy (non-hydrogen) atoms. The molecule has 0 aliphatic carbocycles. The molecule has 0 aromatic rings. The Labute approximate surface area is 422 Å². The molecule has 3 nitrogen and oxygen atoms in total. The zero-order chi connectivity index (χ0) is 48.6. The van der Waals surface area contributed by atoms with E-state index in [1.165, 1.54) is 334 Å². The number of carbonyl (C=O) groups is 2. The van der Waals surface area contributed by atoms with Crippen molar-refractivity contribution in [3.8, 4) is 0 Å². The van der Waals surface area contributed by atoms with Crippen LogP contribution in [0.4, 0.5) is 0 Å². The van der Waals surface area contributed by atoms with Crippen LogP contribution in [0.25, 0.3) is 0 Å². The quantitative estimate of drug-likeness (QED) is 0.0264. The Balaban J connectivity index is 3.65. The van der Waals surface area contributed by atoms with E-state index in [1.807, 2.05) is 0 Å². The van der Waals surface area contributed by atoms with Crippen LogP contribution in [0, 0.1) is 5.92 Å². The summed E-state index contributed by atoms with van der Waals surface area (Å²) < 4.78 is 5.22. The van der Waals surface area contributed by atoms with Gasteiger partial charge in [0.2, 0.25) is 0 Å². The fourth-order valence-corrected chi connectivity index (χ4v) is 10.4. The summed E-state index contributed by atoms with van der Waals surface area (Å²) >= 11 is 0. The van der Waals surface area contributed by atoms with Gasteiger partial charge in [0.15, 0.2) is 0 Å². The number of esters is 2. The molecule has 0 bridgehead atoms. The Morgan fingerprint density at radius 3 is 0.582 bits per heavy atom. The number of rotatable bonds is 58. The van der Waals surface area contributed by atoms with Gasteiger partial charge in [-0.3, -0.25) is 4.79 Å². The second-order valence-electron chi connectivity index (χ2n) is 22.1. The highest BCUT2D eigenvalue weighted by molar-refractivity contribution is 5.95. The van der Waals surface area contributed by atoms with Crippen molar-refractivity contribution in [2.45, 2.75) is 380 Å². The Kier molecular flexibility index (Phi) is 56.5. The van der Waals surface area contributed by atoms with Gasteiger partial charge in [0, 0.05) is 5.57 Å². The van der Waals surface area contributed by atoms with Crippen molar-refractivity contribution < 1.29 is 14.3 Å². The minimum atomic E-state index is -0.560. The van der Waals surface area contributed by atoms with Crippen molar-refractivity contribution >= 4 is 11.9 Å². The third-order valence-electron chi connectivity index (χ3n) is 15.2. The summed E-state index contributed by atoms with van der Waals surface area (Å²) in [6.07, 6.45) is 77.4. The average molecular weight is 942 g/mol. The molecule has 0 N–H and O–H groups in total. The number of hydrogen-bond acceptors (Lipinski definition) is 3. The van der Waals surface area contributed by atoms with Crippen LogP contribution in [0.5, 0.6) is 0 Å². The average Bonchev–Trinajstić information content (AvgIpc) is 3.32. The first-order valence-electron chi connectivity index (χ1n) is 31.4. The molecule has 3 heteroatoms. The first-order valence-corrected chi connectivity index (χ1v) is 31.4. The van der Waals surface area contributed by atoms with E-state index >= 15 is 0 Å². The third-order valence-corrected chi connectivity index (χ3v) is 15.2. The van der Waals surface area contributed by atoms with Gasteiger partial charge in [0.25, 0.3) is 0 Å². The zero-order valence-electron chi connectivity index (χ0n) is 46.6. The minimum Gasteiger partial charge on any atom is -0.389 e. The number of ether oxygens (including phenoxy) is 1. The molecule has 0 aliphatic rings. The smallest absolute Gasteiger partial charge is 0.340 e. The maximum atomic E-state index is 12.9. The van der Waals surface area contributed by atoms with E-state index in [0.29, 0.717) is 5.57 Å². The second-order valence-corrected chi connectivity index (χ2v) is 22.1. The highest BCUT2D eigenvalue weighted by Gasteiger charge is 2.22. The molecule has 0 saturated carbocycles. The lowest BCUT2D eigenvalue weighted by Crippen LogP contribution is -2.22. The fourth-order valence-electron chi connectivity index (χ4n) is 10.4. The van der Waals surface area contributed by atoms with E-state index in [-0.39, 0.29) is 11.9 Å². The number of unbranched alkanes of at least 4 members (excludes halogenated alkanes) is 52. The molecule has 0 fully saturated rings. The molecule has 1 atom stereocenters. The Morgan fingerprint density at radius 2 is 0.433 bits per heavy atom. The maximum Gasteiger partial charge on any atom is 0.340 e. The lowest BCUT2D eigenvalue weighted by molar-refractivity contribution is -0.160. The van der Waals surface area contributed by atoms with Crippen LogP contribution in [0.15, 0.2) is 12.2 Å². The lowest BCUT2D eigenvalue weighted by Gasteiger charge is -2.15. The van der Waals surface area contributed by atoms with Gasteiger partial charge in [0.1, 0.15) is 0 Å². The molecule has 0 radical (unpaired) electrons. The maximum absolute atomic E-state index is 12.9. The highest BCUT2D eigenvalue weighted by atomic mass is 16.6. The van der Waals surface area contributed by atoms with Crippen LogP contribution >= 0.6 is 0 Å². The highest BCUT2D eigenvalue weighted by Crippen LogP contribution is 2.23. The first-order chi connectivity index (χ1) is 33.0. The van der Waals surface area contributed by atoms with Crippen LogP contribution in [0.1, 0.15) is 380 Å². The van der Waals surface area contributed by atoms with E-state index in [4.69, 9.17) is 4.74 Å². The van der Waals surface area contributed by atoms with E-state index < -0.39 is 5.97 Å². The molecule has 1 unspecified atom stereocenters. The van der Waals surface area contributed by atoms with Crippen molar-refractivity contribution in [2.24, 2.45) is 5.92 Å². The monoisotopic (exact) mass is 941 g/mol. The van der Waals surface area contributed by atoms with Gasteiger partial charge < -0.3 is 4.74 Å². The van der Waals surface area contributed by atoms with Crippen LogP contribution in [0.2, 0.25) is 0 Å². The SMILES string of the molecule is C=C(C)C(=O)OC(=O)C(CCCCCCCCCCCCCCCCCCCCCCCCCCCC)CCCCCCCCCCCCCCCCCCCCCCCCCCCCCC. The van der Waals surface area contributed by atoms with Crippen molar-refractivity contribution in [2.75, 3.05) is 0 Å². The van der Waals surface area contributed by atoms with Gasteiger partial charge in [-0.25, -0.2) is 4.79 Å². The predicted octanol–water partition coefficient (Wildman–Crippen LogP) is 23.1. The molecule has 0 aromatic carbocycles. The molecule has 0 spiro atoms. The molecule has 0 rings (SSSR count). The topological polar surface area (TPSA) is 43.4 Å². The van der Waals surface area contributed by atoms with Crippen LogP contribution < -0.4 is 0 Å². The summed E-state index contributed by atoms with van der Waals surface area (Å²) in [6, 6.07) is 0. The minimum absolute atomic E-state index is 0.151. The van der Waals surface area contributed by atoms with E-state index in [9.17, 15) is 9.59 Å². The van der Waals surface area contributed by atoms with Crippen molar-refractivity contribution in [1.29, 1.82) is 0 Å². The van der Waals surface area contributed by atoms with Crippen molar-refractivity contribution in [1.82, 2.24) is 0 Å². The van der Waals surface area contributed by atoms with Crippen LogP contribution in [0.3, 0.4) is 0 Å². The summed E-state index contributed by atoms with van der Waals surface area (Å²) in [6.45, 7) is 9.90. The second kappa shape index (κ2) is 57.5. The molecule has 0 aromatic heterocycles. The van der Waals surface area contributed by atoms with Gasteiger partial charge in [0.05, 0.1) is 5.92 Å². The Bertz CT molecular complexity index is 986. The number of hydrogen-bond donors (Lipinski definition) is 0. The molecule has 0 heterocycles. The van der Waals surface area contributed by atoms with E-state index in [1.54, 1.807) is 6.92 Å². The molecule has 0 saturated heterocycles. The fraction of sp³-hybridized carbons (Fsp3) is 0.938. The van der Waals surface area contributed by atoms with E-state index in [0.717, 1.165) is 25.7 Å². The summed E-state index contributed by atoms with van der Waals surface area (Å²) in [7, 11) is 0. The molecule has 398 valence electrons. The molecule has 0 amide bonds. The van der Waals surface area contributed by atoms with Gasteiger partial charge in [-0.15, -0.1) is 0 Å². The van der Waals surface area contributed by atoms with Gasteiger partial charge in [-0.05, 0) is 19.8 Å². The van der Waals surface area contributed by atoms with Gasteiger partial charge in [-0.2, -0.15) is 0 Å². The zero-order valence-corrected chi connectivity index (χ0v) is 46.6. The van der Waals surface area contributed by atoms with Crippen molar-refractivity contribution in [3.63, 3.8) is 0 Å². The Morgan fingerprint density at radius 1 is 0.284 bits per heavy atom.